The molecule has 0 aliphatic carbocycles. The summed E-state index contributed by atoms with van der Waals surface area (Å²) < 4.78 is 11.3. The van der Waals surface area contributed by atoms with Crippen molar-refractivity contribution in [1.82, 2.24) is 0 Å². The van der Waals surface area contributed by atoms with Crippen molar-refractivity contribution in [3.63, 3.8) is 0 Å². The molecule has 0 aromatic heterocycles. The summed E-state index contributed by atoms with van der Waals surface area (Å²) in [5.41, 5.74) is 1.03. The summed E-state index contributed by atoms with van der Waals surface area (Å²) >= 11 is 9.16. The molecule has 4 heteroatoms. The molecule has 2 nitrogen and oxygen atoms in total. The van der Waals surface area contributed by atoms with Crippen molar-refractivity contribution in [2.24, 2.45) is 0 Å². The molecule has 0 aliphatic rings. The van der Waals surface area contributed by atoms with Crippen LogP contribution in [0.25, 0.3) is 0 Å². The Bertz CT molecular complexity index is 291. The number of hydrogen-bond donors (Lipinski definition) is 0. The monoisotopic (exact) mass is 278 g/mol. The van der Waals surface area contributed by atoms with Gasteiger partial charge >= 0.3 is 0 Å². The van der Waals surface area contributed by atoms with Gasteiger partial charge in [0.15, 0.2) is 0 Å². The van der Waals surface area contributed by atoms with E-state index in [-0.39, 0.29) is 0 Å². The van der Waals surface area contributed by atoms with Crippen LogP contribution >= 0.6 is 27.5 Å². The molecule has 0 amide bonds. The highest BCUT2D eigenvalue weighted by atomic mass is 79.9. The maximum absolute atomic E-state index is 5.76. The lowest BCUT2D eigenvalue weighted by Crippen LogP contribution is -2.04. The highest BCUT2D eigenvalue weighted by molar-refractivity contribution is 9.10. The topological polar surface area (TPSA) is 18.5 Å². The third kappa shape index (κ3) is 3.48. The van der Waals surface area contributed by atoms with Crippen LogP contribution in [-0.4, -0.2) is 20.3 Å². The van der Waals surface area contributed by atoms with Gasteiger partial charge in [0.2, 0.25) is 0 Å². The van der Waals surface area contributed by atoms with Crippen LogP contribution in [0.2, 0.25) is 0 Å². The number of hydrogen-bond acceptors (Lipinski definition) is 2. The SMILES string of the molecule is COCCOc1ccc(Br)c(CCl)c1. The molecule has 0 atom stereocenters. The Morgan fingerprint density at radius 3 is 2.79 bits per heavy atom. The van der Waals surface area contributed by atoms with Crippen molar-refractivity contribution in [2.75, 3.05) is 20.3 Å². The van der Waals surface area contributed by atoms with E-state index in [2.05, 4.69) is 15.9 Å². The van der Waals surface area contributed by atoms with Crippen molar-refractivity contribution in [3.05, 3.63) is 28.2 Å². The molecule has 0 heterocycles. The van der Waals surface area contributed by atoms with E-state index in [0.717, 1.165) is 15.8 Å². The average molecular weight is 280 g/mol. The summed E-state index contributed by atoms with van der Waals surface area (Å²) in [6.07, 6.45) is 0. The first-order valence-corrected chi connectivity index (χ1v) is 5.57. The van der Waals surface area contributed by atoms with Crippen LogP contribution in [-0.2, 0) is 10.6 Å². The third-order valence-electron chi connectivity index (χ3n) is 1.72. The quantitative estimate of drug-likeness (QED) is 0.609. The van der Waals surface area contributed by atoms with Crippen LogP contribution in [0.3, 0.4) is 0 Å². The minimum Gasteiger partial charge on any atom is -0.491 e. The standard InChI is InChI=1S/C10H12BrClO2/c1-13-4-5-14-9-2-3-10(11)8(6-9)7-12/h2-3,6H,4-5,7H2,1H3. The van der Waals surface area contributed by atoms with Gasteiger partial charge in [-0.1, -0.05) is 15.9 Å². The molecule has 0 unspecified atom stereocenters. The molecule has 0 spiro atoms. The molecule has 78 valence electrons. The summed E-state index contributed by atoms with van der Waals surface area (Å²) in [6.45, 7) is 1.14. The summed E-state index contributed by atoms with van der Waals surface area (Å²) in [6, 6.07) is 5.75. The molecule has 0 radical (unpaired) electrons. The van der Waals surface area contributed by atoms with Crippen LogP contribution in [0.15, 0.2) is 22.7 Å². The molecule has 14 heavy (non-hydrogen) atoms. The van der Waals surface area contributed by atoms with Gasteiger partial charge in [0.05, 0.1) is 6.61 Å². The molecule has 0 saturated heterocycles. The Balaban J connectivity index is 2.60. The van der Waals surface area contributed by atoms with Crippen LogP contribution < -0.4 is 4.74 Å². The smallest absolute Gasteiger partial charge is 0.119 e. The van der Waals surface area contributed by atoms with Crippen LogP contribution in [0.5, 0.6) is 5.75 Å². The van der Waals surface area contributed by atoms with E-state index in [4.69, 9.17) is 21.1 Å². The van der Waals surface area contributed by atoms with E-state index < -0.39 is 0 Å². The zero-order chi connectivity index (χ0) is 10.4. The van der Waals surface area contributed by atoms with Crippen LogP contribution in [0, 0.1) is 0 Å². The highest BCUT2D eigenvalue weighted by Crippen LogP contribution is 2.23. The number of rotatable bonds is 5. The second-order valence-corrected chi connectivity index (χ2v) is 3.85. The second-order valence-electron chi connectivity index (χ2n) is 2.73. The first-order chi connectivity index (χ1) is 6.77. The Morgan fingerprint density at radius 1 is 1.36 bits per heavy atom. The Kier molecular flexibility index (Phi) is 5.30. The van der Waals surface area contributed by atoms with Crippen molar-refractivity contribution < 1.29 is 9.47 Å². The van der Waals surface area contributed by atoms with Gasteiger partial charge in [0.25, 0.3) is 0 Å². The van der Waals surface area contributed by atoms with Gasteiger partial charge in [-0.15, -0.1) is 11.6 Å². The van der Waals surface area contributed by atoms with Crippen LogP contribution in [0.4, 0.5) is 0 Å². The van der Waals surface area contributed by atoms with E-state index in [0.29, 0.717) is 19.1 Å². The fourth-order valence-electron chi connectivity index (χ4n) is 0.986. The first kappa shape index (κ1) is 11.8. The lowest BCUT2D eigenvalue weighted by Gasteiger charge is -2.07. The van der Waals surface area contributed by atoms with Crippen molar-refractivity contribution in [2.45, 2.75) is 5.88 Å². The number of benzene rings is 1. The first-order valence-electron chi connectivity index (χ1n) is 4.24. The molecule has 1 rings (SSSR count). The average Bonchev–Trinajstić information content (AvgIpc) is 2.21. The largest absolute Gasteiger partial charge is 0.491 e. The normalized spacial score (nSPS) is 10.2. The van der Waals surface area contributed by atoms with E-state index in [1.54, 1.807) is 7.11 Å². The Labute approximate surface area is 97.3 Å². The maximum atomic E-state index is 5.76. The van der Waals surface area contributed by atoms with Crippen molar-refractivity contribution in [3.8, 4) is 5.75 Å². The molecular weight excluding hydrogens is 267 g/mol. The van der Waals surface area contributed by atoms with E-state index in [1.807, 2.05) is 18.2 Å². The Hall–Kier alpha value is -0.250. The summed E-state index contributed by atoms with van der Waals surface area (Å²) in [4.78, 5) is 0. The maximum Gasteiger partial charge on any atom is 0.119 e. The predicted octanol–water partition coefficient (Wildman–Crippen LogP) is 3.21. The molecule has 1 aromatic rings. The van der Waals surface area contributed by atoms with Crippen molar-refractivity contribution in [1.29, 1.82) is 0 Å². The summed E-state index contributed by atoms with van der Waals surface area (Å²) in [5.74, 6) is 1.29. The van der Waals surface area contributed by atoms with Gasteiger partial charge in [-0.05, 0) is 23.8 Å². The van der Waals surface area contributed by atoms with Gasteiger partial charge < -0.3 is 9.47 Å². The second kappa shape index (κ2) is 6.27. The molecule has 0 bridgehead atoms. The number of halogens is 2. The van der Waals surface area contributed by atoms with Gasteiger partial charge in [0.1, 0.15) is 12.4 Å². The summed E-state index contributed by atoms with van der Waals surface area (Å²) in [5, 5.41) is 0. The highest BCUT2D eigenvalue weighted by Gasteiger charge is 2.00. The minimum absolute atomic E-state index is 0.474. The van der Waals surface area contributed by atoms with Gasteiger partial charge in [0, 0.05) is 17.5 Å². The molecular formula is C10H12BrClO2. The van der Waals surface area contributed by atoms with E-state index >= 15 is 0 Å². The fourth-order valence-corrected chi connectivity index (χ4v) is 1.76. The number of alkyl halides is 1. The molecule has 0 saturated carbocycles. The summed E-state index contributed by atoms with van der Waals surface area (Å²) in [7, 11) is 1.65. The van der Waals surface area contributed by atoms with Gasteiger partial charge in [-0.2, -0.15) is 0 Å². The lowest BCUT2D eigenvalue weighted by atomic mass is 10.2. The van der Waals surface area contributed by atoms with Gasteiger partial charge in [-0.3, -0.25) is 0 Å². The Morgan fingerprint density at radius 2 is 2.14 bits per heavy atom. The number of methoxy groups -OCH3 is 1. The van der Waals surface area contributed by atoms with Gasteiger partial charge in [-0.25, -0.2) is 0 Å². The van der Waals surface area contributed by atoms with E-state index in [9.17, 15) is 0 Å². The number of ether oxygens (including phenoxy) is 2. The zero-order valence-corrected chi connectivity index (χ0v) is 10.3. The van der Waals surface area contributed by atoms with Crippen LogP contribution in [0.1, 0.15) is 5.56 Å². The fraction of sp³-hybridized carbons (Fsp3) is 0.400. The zero-order valence-electron chi connectivity index (χ0n) is 7.93. The third-order valence-corrected chi connectivity index (χ3v) is 2.78. The molecule has 0 fully saturated rings. The molecule has 0 N–H and O–H groups in total. The molecule has 0 aliphatic heterocycles. The lowest BCUT2D eigenvalue weighted by molar-refractivity contribution is 0.146. The van der Waals surface area contributed by atoms with E-state index in [1.165, 1.54) is 0 Å². The minimum atomic E-state index is 0.474. The van der Waals surface area contributed by atoms with Crippen molar-refractivity contribution >= 4 is 27.5 Å². The molecule has 1 aromatic carbocycles. The predicted molar refractivity (Wildman–Crippen MR) is 61.1 cm³/mol.